The molecule has 5 nitrogen and oxygen atoms in total. The van der Waals surface area contributed by atoms with Crippen LogP contribution in [0.15, 0.2) is 4.52 Å². The van der Waals surface area contributed by atoms with Crippen molar-refractivity contribution in [3.05, 3.63) is 11.7 Å². The second kappa shape index (κ2) is 7.18. The van der Waals surface area contributed by atoms with Crippen molar-refractivity contribution in [3.63, 3.8) is 0 Å². The molecule has 0 radical (unpaired) electrons. The summed E-state index contributed by atoms with van der Waals surface area (Å²) in [6, 6.07) is 0. The van der Waals surface area contributed by atoms with E-state index >= 15 is 0 Å². The molecule has 0 amide bonds. The van der Waals surface area contributed by atoms with Gasteiger partial charge in [-0.25, -0.2) is 0 Å². The van der Waals surface area contributed by atoms with Crippen molar-refractivity contribution in [1.82, 2.24) is 10.1 Å². The van der Waals surface area contributed by atoms with Crippen molar-refractivity contribution < 1.29 is 9.26 Å². The maximum atomic E-state index is 5.83. The molecule has 2 unspecified atom stereocenters. The molecule has 1 aliphatic rings. The van der Waals surface area contributed by atoms with Gasteiger partial charge in [-0.15, -0.1) is 0 Å². The van der Waals surface area contributed by atoms with Crippen LogP contribution in [0.25, 0.3) is 0 Å². The van der Waals surface area contributed by atoms with Crippen molar-refractivity contribution in [2.24, 2.45) is 23.5 Å². The van der Waals surface area contributed by atoms with Crippen LogP contribution in [0.2, 0.25) is 0 Å². The second-order valence-corrected chi connectivity index (χ2v) is 6.20. The van der Waals surface area contributed by atoms with Crippen LogP contribution in [0.4, 0.5) is 0 Å². The Morgan fingerprint density at radius 2 is 2.15 bits per heavy atom. The van der Waals surface area contributed by atoms with Gasteiger partial charge < -0.3 is 15.0 Å². The third-order valence-electron chi connectivity index (χ3n) is 3.74. The maximum absolute atomic E-state index is 5.83. The topological polar surface area (TPSA) is 74.2 Å². The molecular formula is C15H27N3O2. The second-order valence-electron chi connectivity index (χ2n) is 6.20. The molecule has 1 aromatic heterocycles. The standard InChI is InChI=1S/C15H27N3O2/c1-4-19-14(12-5-6-12)15-17-13(20-18-15)8-11(9-16)7-10(2)3/h10-12,14H,4-9,16H2,1-3H3. The predicted octanol–water partition coefficient (Wildman–Crippen LogP) is 2.72. The van der Waals surface area contributed by atoms with E-state index in [9.17, 15) is 0 Å². The Labute approximate surface area is 121 Å². The normalized spacial score (nSPS) is 18.4. The molecule has 0 bridgehead atoms. The zero-order chi connectivity index (χ0) is 14.5. The summed E-state index contributed by atoms with van der Waals surface area (Å²) in [5.41, 5.74) is 5.83. The Hall–Kier alpha value is -0.940. The third kappa shape index (κ3) is 4.28. The summed E-state index contributed by atoms with van der Waals surface area (Å²) in [4.78, 5) is 4.53. The lowest BCUT2D eigenvalue weighted by atomic mass is 9.94. The number of rotatable bonds is 9. The summed E-state index contributed by atoms with van der Waals surface area (Å²) < 4.78 is 11.1. The van der Waals surface area contributed by atoms with Gasteiger partial charge in [-0.1, -0.05) is 19.0 Å². The van der Waals surface area contributed by atoms with Crippen LogP contribution in [0.3, 0.4) is 0 Å². The van der Waals surface area contributed by atoms with E-state index in [4.69, 9.17) is 15.0 Å². The Morgan fingerprint density at radius 1 is 1.40 bits per heavy atom. The van der Waals surface area contributed by atoms with E-state index in [1.165, 1.54) is 12.8 Å². The van der Waals surface area contributed by atoms with Crippen LogP contribution in [0.1, 0.15) is 57.9 Å². The van der Waals surface area contributed by atoms with E-state index < -0.39 is 0 Å². The minimum Gasteiger partial charge on any atom is -0.370 e. The zero-order valence-electron chi connectivity index (χ0n) is 12.8. The number of ether oxygens (including phenoxy) is 1. The summed E-state index contributed by atoms with van der Waals surface area (Å²) in [6.07, 6.45) is 4.27. The molecule has 1 fully saturated rings. The Balaban J connectivity index is 1.96. The monoisotopic (exact) mass is 281 g/mol. The first-order chi connectivity index (χ1) is 9.63. The van der Waals surface area contributed by atoms with Crippen molar-refractivity contribution in [2.45, 2.75) is 52.6 Å². The molecule has 20 heavy (non-hydrogen) atoms. The highest BCUT2D eigenvalue weighted by molar-refractivity contribution is 4.99. The van der Waals surface area contributed by atoms with Crippen LogP contribution >= 0.6 is 0 Å². The summed E-state index contributed by atoms with van der Waals surface area (Å²) in [7, 11) is 0. The van der Waals surface area contributed by atoms with Crippen LogP contribution in [-0.4, -0.2) is 23.3 Å². The average molecular weight is 281 g/mol. The molecule has 0 aliphatic heterocycles. The summed E-state index contributed by atoms with van der Waals surface area (Å²) in [5.74, 6) is 3.02. The fraction of sp³-hybridized carbons (Fsp3) is 0.867. The largest absolute Gasteiger partial charge is 0.370 e. The SMILES string of the molecule is CCOC(c1noc(CC(CN)CC(C)C)n1)C1CC1. The Bertz CT molecular complexity index is 402. The molecule has 5 heteroatoms. The van der Waals surface area contributed by atoms with Gasteiger partial charge in [-0.3, -0.25) is 0 Å². The highest BCUT2D eigenvalue weighted by atomic mass is 16.5. The van der Waals surface area contributed by atoms with E-state index in [-0.39, 0.29) is 6.10 Å². The van der Waals surface area contributed by atoms with Gasteiger partial charge in [-0.05, 0) is 50.5 Å². The van der Waals surface area contributed by atoms with Crippen LogP contribution in [0.5, 0.6) is 0 Å². The quantitative estimate of drug-likeness (QED) is 0.753. The Morgan fingerprint density at radius 3 is 2.70 bits per heavy atom. The van der Waals surface area contributed by atoms with Gasteiger partial charge in [0, 0.05) is 13.0 Å². The van der Waals surface area contributed by atoms with Gasteiger partial charge in [0.15, 0.2) is 0 Å². The lowest BCUT2D eigenvalue weighted by molar-refractivity contribution is 0.0384. The van der Waals surface area contributed by atoms with Crippen LogP contribution in [0, 0.1) is 17.8 Å². The van der Waals surface area contributed by atoms with E-state index in [1.807, 2.05) is 6.92 Å². The molecule has 0 aromatic carbocycles. The van der Waals surface area contributed by atoms with Crippen molar-refractivity contribution >= 4 is 0 Å². The fourth-order valence-electron chi connectivity index (χ4n) is 2.64. The minimum atomic E-state index is 0.0129. The molecule has 1 heterocycles. The third-order valence-corrected chi connectivity index (χ3v) is 3.74. The fourth-order valence-corrected chi connectivity index (χ4v) is 2.64. The molecule has 0 spiro atoms. The first-order valence-corrected chi connectivity index (χ1v) is 7.78. The van der Waals surface area contributed by atoms with Crippen molar-refractivity contribution in [1.29, 1.82) is 0 Å². The molecule has 1 aromatic rings. The number of hydrogen-bond acceptors (Lipinski definition) is 5. The van der Waals surface area contributed by atoms with Crippen LogP contribution < -0.4 is 5.73 Å². The smallest absolute Gasteiger partial charge is 0.227 e. The molecule has 0 saturated heterocycles. The lowest BCUT2D eigenvalue weighted by Crippen LogP contribution is -2.19. The van der Waals surface area contributed by atoms with Crippen molar-refractivity contribution in [3.8, 4) is 0 Å². The van der Waals surface area contributed by atoms with Gasteiger partial charge in [0.1, 0.15) is 6.10 Å². The highest BCUT2D eigenvalue weighted by Gasteiger charge is 2.36. The molecule has 2 atom stereocenters. The Kier molecular flexibility index (Phi) is 5.54. The zero-order valence-corrected chi connectivity index (χ0v) is 12.8. The van der Waals surface area contributed by atoms with Gasteiger partial charge in [0.05, 0.1) is 0 Å². The minimum absolute atomic E-state index is 0.0129. The van der Waals surface area contributed by atoms with E-state index in [0.29, 0.717) is 42.6 Å². The van der Waals surface area contributed by atoms with Gasteiger partial charge in [-0.2, -0.15) is 4.98 Å². The van der Waals surface area contributed by atoms with E-state index in [1.54, 1.807) is 0 Å². The summed E-state index contributed by atoms with van der Waals surface area (Å²) >= 11 is 0. The van der Waals surface area contributed by atoms with Crippen molar-refractivity contribution in [2.75, 3.05) is 13.2 Å². The molecule has 2 rings (SSSR count). The van der Waals surface area contributed by atoms with E-state index in [2.05, 4.69) is 24.0 Å². The summed E-state index contributed by atoms with van der Waals surface area (Å²) in [5, 5.41) is 4.11. The number of hydrogen-bond donors (Lipinski definition) is 1. The lowest BCUT2D eigenvalue weighted by Gasteiger charge is -2.14. The van der Waals surface area contributed by atoms with E-state index in [0.717, 1.165) is 12.8 Å². The van der Waals surface area contributed by atoms with Gasteiger partial charge in [0.2, 0.25) is 11.7 Å². The average Bonchev–Trinajstić information content (AvgIpc) is 3.14. The molecule has 114 valence electrons. The molecule has 1 saturated carbocycles. The predicted molar refractivity (Wildman–Crippen MR) is 77.1 cm³/mol. The first-order valence-electron chi connectivity index (χ1n) is 7.78. The number of nitrogens with zero attached hydrogens (tertiary/aromatic N) is 2. The first kappa shape index (κ1) is 15.4. The van der Waals surface area contributed by atoms with Gasteiger partial charge >= 0.3 is 0 Å². The van der Waals surface area contributed by atoms with Gasteiger partial charge in [0.25, 0.3) is 0 Å². The summed E-state index contributed by atoms with van der Waals surface area (Å²) in [6.45, 7) is 7.76. The molecule has 1 aliphatic carbocycles. The molecular weight excluding hydrogens is 254 g/mol. The highest BCUT2D eigenvalue weighted by Crippen LogP contribution is 2.42. The van der Waals surface area contributed by atoms with Crippen LogP contribution in [-0.2, 0) is 11.2 Å². The molecule has 2 N–H and O–H groups in total. The number of nitrogens with two attached hydrogens (primary N) is 1. The number of aromatic nitrogens is 2. The maximum Gasteiger partial charge on any atom is 0.227 e.